The molecule has 0 aliphatic carbocycles. The maximum absolute atomic E-state index is 12.0. The van der Waals surface area contributed by atoms with Crippen molar-refractivity contribution in [2.24, 2.45) is 0 Å². The van der Waals surface area contributed by atoms with E-state index in [4.69, 9.17) is 4.74 Å². The SMILES string of the molecule is COc1ccccc1/C=[N+](\[O-])c1ccc(C)cc1. The molecule has 0 aliphatic rings. The molecule has 3 heteroatoms. The largest absolute Gasteiger partial charge is 0.618 e. The minimum absolute atomic E-state index is 0.603. The Labute approximate surface area is 107 Å². The molecule has 0 N–H and O–H groups in total. The maximum Gasteiger partial charge on any atom is 0.216 e. The minimum atomic E-state index is 0.603. The number of rotatable bonds is 3. The van der Waals surface area contributed by atoms with Crippen molar-refractivity contribution in [3.05, 3.63) is 64.9 Å². The smallest absolute Gasteiger partial charge is 0.216 e. The zero-order chi connectivity index (χ0) is 13.0. The van der Waals surface area contributed by atoms with Gasteiger partial charge in [0.05, 0.1) is 12.7 Å². The highest BCUT2D eigenvalue weighted by molar-refractivity contribution is 5.80. The van der Waals surface area contributed by atoms with E-state index in [2.05, 4.69) is 0 Å². The van der Waals surface area contributed by atoms with Gasteiger partial charge in [-0.2, -0.15) is 4.74 Å². The lowest BCUT2D eigenvalue weighted by Crippen LogP contribution is -2.00. The van der Waals surface area contributed by atoms with Crippen LogP contribution in [-0.2, 0) is 0 Å². The van der Waals surface area contributed by atoms with E-state index in [9.17, 15) is 5.21 Å². The van der Waals surface area contributed by atoms with E-state index < -0.39 is 0 Å². The third-order valence-corrected chi connectivity index (χ3v) is 2.68. The minimum Gasteiger partial charge on any atom is -0.618 e. The van der Waals surface area contributed by atoms with E-state index in [-0.39, 0.29) is 0 Å². The summed E-state index contributed by atoms with van der Waals surface area (Å²) in [5.74, 6) is 0.686. The molecule has 0 spiro atoms. The highest BCUT2D eigenvalue weighted by atomic mass is 16.5. The van der Waals surface area contributed by atoms with Crippen LogP contribution >= 0.6 is 0 Å². The summed E-state index contributed by atoms with van der Waals surface area (Å²) in [6, 6.07) is 14.8. The number of aryl methyl sites for hydroxylation is 1. The van der Waals surface area contributed by atoms with E-state index in [0.29, 0.717) is 11.4 Å². The summed E-state index contributed by atoms with van der Waals surface area (Å²) in [6.45, 7) is 1.99. The average Bonchev–Trinajstić information content (AvgIpc) is 2.40. The van der Waals surface area contributed by atoms with Gasteiger partial charge in [-0.3, -0.25) is 0 Å². The summed E-state index contributed by atoms with van der Waals surface area (Å²) >= 11 is 0. The van der Waals surface area contributed by atoms with Crippen molar-refractivity contribution in [1.29, 1.82) is 0 Å². The highest BCUT2D eigenvalue weighted by Crippen LogP contribution is 2.17. The Morgan fingerprint density at radius 3 is 2.39 bits per heavy atom. The molecule has 0 unspecified atom stereocenters. The molecule has 0 amide bonds. The first-order chi connectivity index (χ1) is 8.70. The van der Waals surface area contributed by atoms with Gasteiger partial charge >= 0.3 is 0 Å². The van der Waals surface area contributed by atoms with E-state index in [1.165, 1.54) is 6.21 Å². The summed E-state index contributed by atoms with van der Waals surface area (Å²) in [6.07, 6.45) is 1.52. The Balaban J connectivity index is 2.35. The van der Waals surface area contributed by atoms with Gasteiger partial charge in [0, 0.05) is 12.1 Å². The van der Waals surface area contributed by atoms with Crippen LogP contribution in [0.25, 0.3) is 0 Å². The van der Waals surface area contributed by atoms with Gasteiger partial charge in [-0.05, 0) is 19.1 Å². The molecule has 18 heavy (non-hydrogen) atoms. The van der Waals surface area contributed by atoms with Crippen molar-refractivity contribution in [3.63, 3.8) is 0 Å². The van der Waals surface area contributed by atoms with E-state index in [0.717, 1.165) is 15.9 Å². The van der Waals surface area contributed by atoms with Gasteiger partial charge in [0.25, 0.3) is 0 Å². The van der Waals surface area contributed by atoms with Crippen LogP contribution in [0.4, 0.5) is 5.69 Å². The number of benzene rings is 2. The quantitative estimate of drug-likeness (QED) is 0.358. The van der Waals surface area contributed by atoms with Crippen molar-refractivity contribution in [1.82, 2.24) is 0 Å². The van der Waals surface area contributed by atoms with Gasteiger partial charge < -0.3 is 9.94 Å². The second-order valence-corrected chi connectivity index (χ2v) is 4.03. The van der Waals surface area contributed by atoms with Gasteiger partial charge in [0.1, 0.15) is 5.75 Å². The summed E-state index contributed by atoms with van der Waals surface area (Å²) in [5, 5.41) is 12.0. The molecule has 2 rings (SSSR count). The molecule has 0 aliphatic heterocycles. The number of hydrogen-bond acceptors (Lipinski definition) is 2. The molecule has 0 heterocycles. The van der Waals surface area contributed by atoms with Crippen LogP contribution in [-0.4, -0.2) is 18.1 Å². The Morgan fingerprint density at radius 1 is 1.06 bits per heavy atom. The molecule has 2 aromatic carbocycles. The second-order valence-electron chi connectivity index (χ2n) is 4.03. The predicted molar refractivity (Wildman–Crippen MR) is 72.6 cm³/mol. The van der Waals surface area contributed by atoms with Crippen molar-refractivity contribution in [2.45, 2.75) is 6.92 Å². The molecule has 0 bridgehead atoms. The molecular formula is C15H15NO2. The standard InChI is InChI=1S/C15H15NO2/c1-12-7-9-14(10-8-12)16(17)11-13-5-3-4-6-15(13)18-2/h3-11H,1-2H3/b16-11-. The summed E-state index contributed by atoms with van der Waals surface area (Å²) in [4.78, 5) is 0. The fourth-order valence-electron chi connectivity index (χ4n) is 1.67. The highest BCUT2D eigenvalue weighted by Gasteiger charge is 2.05. The lowest BCUT2D eigenvalue weighted by Gasteiger charge is -2.06. The number of para-hydroxylation sites is 1. The van der Waals surface area contributed by atoms with Gasteiger partial charge in [-0.25, -0.2) is 0 Å². The zero-order valence-electron chi connectivity index (χ0n) is 10.5. The first kappa shape index (κ1) is 12.2. The van der Waals surface area contributed by atoms with Crippen LogP contribution in [0, 0.1) is 12.1 Å². The van der Waals surface area contributed by atoms with Crippen LogP contribution in [0.5, 0.6) is 5.75 Å². The second kappa shape index (κ2) is 5.36. The zero-order valence-corrected chi connectivity index (χ0v) is 10.5. The van der Waals surface area contributed by atoms with Gasteiger partial charge in [0.15, 0.2) is 6.21 Å². The lowest BCUT2D eigenvalue weighted by molar-refractivity contribution is -0.354. The topological polar surface area (TPSA) is 35.3 Å². The number of methoxy groups -OCH3 is 1. The maximum atomic E-state index is 12.0. The number of nitrogens with zero attached hydrogens (tertiary/aromatic N) is 1. The molecule has 0 saturated heterocycles. The Hall–Kier alpha value is -2.29. The number of ether oxygens (including phenoxy) is 1. The third-order valence-electron chi connectivity index (χ3n) is 2.68. The molecule has 0 saturated carbocycles. The monoisotopic (exact) mass is 241 g/mol. The van der Waals surface area contributed by atoms with Crippen LogP contribution in [0.15, 0.2) is 48.5 Å². The van der Waals surface area contributed by atoms with E-state index in [1.54, 1.807) is 19.2 Å². The molecule has 0 fully saturated rings. The molecule has 0 atom stereocenters. The van der Waals surface area contributed by atoms with E-state index >= 15 is 0 Å². The summed E-state index contributed by atoms with van der Waals surface area (Å²) in [5.41, 5.74) is 2.49. The summed E-state index contributed by atoms with van der Waals surface area (Å²) in [7, 11) is 1.59. The van der Waals surface area contributed by atoms with Crippen LogP contribution in [0.3, 0.4) is 0 Å². The molecule has 3 nitrogen and oxygen atoms in total. The Kier molecular flexibility index (Phi) is 3.63. The summed E-state index contributed by atoms with van der Waals surface area (Å²) < 4.78 is 6.05. The molecule has 0 radical (unpaired) electrons. The molecule has 92 valence electrons. The number of hydrogen-bond donors (Lipinski definition) is 0. The Morgan fingerprint density at radius 2 is 1.72 bits per heavy atom. The van der Waals surface area contributed by atoms with Gasteiger partial charge in [-0.15, -0.1) is 0 Å². The fourth-order valence-corrected chi connectivity index (χ4v) is 1.67. The molecular weight excluding hydrogens is 226 g/mol. The Bertz CT molecular complexity index is 559. The molecule has 2 aromatic rings. The first-order valence-electron chi connectivity index (χ1n) is 5.71. The molecule has 0 aromatic heterocycles. The van der Waals surface area contributed by atoms with Gasteiger partial charge in [-0.1, -0.05) is 29.8 Å². The van der Waals surface area contributed by atoms with Crippen molar-refractivity contribution in [2.75, 3.05) is 7.11 Å². The van der Waals surface area contributed by atoms with Crippen LogP contribution < -0.4 is 4.74 Å². The fraction of sp³-hybridized carbons (Fsp3) is 0.133. The van der Waals surface area contributed by atoms with E-state index in [1.807, 2.05) is 43.3 Å². The van der Waals surface area contributed by atoms with Gasteiger partial charge in [0.2, 0.25) is 5.69 Å². The van der Waals surface area contributed by atoms with Crippen molar-refractivity contribution >= 4 is 11.9 Å². The normalized spacial score (nSPS) is 11.3. The third kappa shape index (κ3) is 2.69. The van der Waals surface area contributed by atoms with Crippen LogP contribution in [0.1, 0.15) is 11.1 Å². The average molecular weight is 241 g/mol. The predicted octanol–water partition coefficient (Wildman–Crippen LogP) is 3.26. The first-order valence-corrected chi connectivity index (χ1v) is 5.71. The van der Waals surface area contributed by atoms with Crippen molar-refractivity contribution in [3.8, 4) is 5.75 Å². The lowest BCUT2D eigenvalue weighted by atomic mass is 10.2. The van der Waals surface area contributed by atoms with Crippen molar-refractivity contribution < 1.29 is 9.48 Å². The van der Waals surface area contributed by atoms with Crippen LogP contribution in [0.2, 0.25) is 0 Å².